The topological polar surface area (TPSA) is 114 Å². The van der Waals surface area contributed by atoms with Crippen molar-refractivity contribution < 1.29 is 14.3 Å². The summed E-state index contributed by atoms with van der Waals surface area (Å²) in [5.41, 5.74) is 4.25. The molecule has 13 heteroatoms. The van der Waals surface area contributed by atoms with E-state index in [-0.39, 0.29) is 29.7 Å². The summed E-state index contributed by atoms with van der Waals surface area (Å²) < 4.78 is 16.9. The fraction of sp³-hybridized carbons (Fsp3) is 0.463. The SMILES string of the molecule is CN1CCCC(Oc2cc(-n3nc(C(C)(C)C)cc3NC(=O)NC3CCC(Oc4ccc5nnc(N6CCCCC6)n5c4)c4ccccc43)ccc2Cl)C1. The van der Waals surface area contributed by atoms with Crippen LogP contribution in [0.25, 0.3) is 11.3 Å². The van der Waals surface area contributed by atoms with Crippen molar-refractivity contribution in [2.45, 2.75) is 89.4 Å². The van der Waals surface area contributed by atoms with Gasteiger partial charge in [0, 0.05) is 37.2 Å². The van der Waals surface area contributed by atoms with E-state index in [1.54, 1.807) is 4.68 Å². The normalized spacial score (nSPS) is 20.8. The first-order valence-electron chi connectivity index (χ1n) is 19.3. The zero-order valence-electron chi connectivity index (χ0n) is 31.6. The molecule has 0 bridgehead atoms. The van der Waals surface area contributed by atoms with Gasteiger partial charge in [-0.25, -0.2) is 9.48 Å². The standard InChI is InChI=1S/C41H50ClN9O3/c1-41(2,3)36-24-38(51(47-36)27-14-16-32(42)35(23-27)54-28-11-10-20-48(4)25-28)44-39(52)43-33-17-18-34(31-13-7-6-12-30(31)33)53-29-15-19-37-45-46-40(50(37)26-29)49-21-8-5-9-22-49/h6-7,12-16,19,23-24,26,28,33-34H,5,8-11,17-18,20-22,25H2,1-4H3,(H2,43,44,52). The number of likely N-dealkylation sites (tertiary alicyclic amines) is 1. The maximum atomic E-state index is 13.8. The Morgan fingerprint density at radius 1 is 0.889 bits per heavy atom. The number of fused-ring (bicyclic) bond motifs is 2. The number of halogens is 1. The van der Waals surface area contributed by atoms with Gasteiger partial charge in [0.1, 0.15) is 29.5 Å². The highest BCUT2D eigenvalue weighted by Gasteiger charge is 2.31. The number of hydrogen-bond acceptors (Lipinski definition) is 8. The summed E-state index contributed by atoms with van der Waals surface area (Å²) in [5, 5.41) is 20.8. The van der Waals surface area contributed by atoms with E-state index in [2.05, 4.69) is 70.6 Å². The number of likely N-dealkylation sites (N-methyl/N-ethyl adjacent to an activating group) is 1. The second kappa shape index (κ2) is 15.1. The van der Waals surface area contributed by atoms with Gasteiger partial charge in [0.05, 0.1) is 28.6 Å². The van der Waals surface area contributed by atoms with Crippen molar-refractivity contribution in [2.24, 2.45) is 0 Å². The number of piperidine rings is 2. The fourth-order valence-corrected chi connectivity index (χ4v) is 8.04. The first-order chi connectivity index (χ1) is 26.1. The Labute approximate surface area is 321 Å². The summed E-state index contributed by atoms with van der Waals surface area (Å²) in [4.78, 5) is 18.4. The highest BCUT2D eigenvalue weighted by molar-refractivity contribution is 6.32. The second-order valence-electron chi connectivity index (χ2n) is 15.9. The largest absolute Gasteiger partial charge is 0.487 e. The molecule has 3 atom stereocenters. The minimum atomic E-state index is -0.310. The zero-order valence-corrected chi connectivity index (χ0v) is 32.4. The molecule has 3 aliphatic rings. The molecular weight excluding hydrogens is 702 g/mol. The number of nitrogens with zero attached hydrogens (tertiary/aromatic N) is 7. The molecule has 0 saturated carbocycles. The number of pyridine rings is 1. The Hall–Kier alpha value is -4.81. The maximum absolute atomic E-state index is 13.8. The monoisotopic (exact) mass is 751 g/mol. The van der Waals surface area contributed by atoms with Crippen molar-refractivity contribution in [1.82, 2.24) is 34.6 Å². The van der Waals surface area contributed by atoms with Gasteiger partial charge in [0.15, 0.2) is 5.65 Å². The molecule has 2 saturated heterocycles. The highest BCUT2D eigenvalue weighted by atomic mass is 35.5. The number of nitrogens with one attached hydrogen (secondary N) is 2. The van der Waals surface area contributed by atoms with Crippen molar-refractivity contribution >= 4 is 35.0 Å². The smallest absolute Gasteiger partial charge is 0.320 e. The Morgan fingerprint density at radius 2 is 1.70 bits per heavy atom. The molecule has 8 rings (SSSR count). The molecule has 5 aromatic rings. The molecule has 3 aromatic heterocycles. The summed E-state index contributed by atoms with van der Waals surface area (Å²) in [5.74, 6) is 2.79. The van der Waals surface area contributed by atoms with Gasteiger partial charge in [0.2, 0.25) is 5.95 Å². The molecule has 54 heavy (non-hydrogen) atoms. The molecule has 3 unspecified atom stereocenters. The van der Waals surface area contributed by atoms with Crippen LogP contribution in [0.1, 0.15) is 94.7 Å². The van der Waals surface area contributed by atoms with Gasteiger partial charge in [-0.1, -0.05) is 56.6 Å². The number of aromatic nitrogens is 5. The number of amides is 2. The Balaban J connectivity index is 0.992. The summed E-state index contributed by atoms with van der Waals surface area (Å²) in [7, 11) is 2.11. The molecule has 0 spiro atoms. The van der Waals surface area contributed by atoms with Crippen molar-refractivity contribution in [3.05, 3.63) is 88.7 Å². The highest BCUT2D eigenvalue weighted by Crippen LogP contribution is 2.39. The minimum absolute atomic E-state index is 0.0565. The van der Waals surface area contributed by atoms with Crippen LogP contribution in [0.15, 0.2) is 66.9 Å². The first-order valence-corrected chi connectivity index (χ1v) is 19.7. The lowest BCUT2D eigenvalue weighted by Gasteiger charge is -2.32. The molecular formula is C41H50ClN9O3. The lowest BCUT2D eigenvalue weighted by atomic mass is 9.85. The first kappa shape index (κ1) is 36.2. The van der Waals surface area contributed by atoms with Crippen LogP contribution in [-0.2, 0) is 5.41 Å². The van der Waals surface area contributed by atoms with E-state index >= 15 is 0 Å². The van der Waals surface area contributed by atoms with Crippen LogP contribution >= 0.6 is 11.6 Å². The van der Waals surface area contributed by atoms with E-state index in [0.717, 1.165) is 98.1 Å². The summed E-state index contributed by atoms with van der Waals surface area (Å²) >= 11 is 6.64. The van der Waals surface area contributed by atoms with Gasteiger partial charge in [0.25, 0.3) is 0 Å². The predicted octanol–water partition coefficient (Wildman–Crippen LogP) is 8.11. The Kier molecular flexibility index (Phi) is 10.1. The molecule has 2 aromatic carbocycles. The molecule has 5 heterocycles. The van der Waals surface area contributed by atoms with Crippen molar-refractivity contribution in [3.63, 3.8) is 0 Å². The van der Waals surface area contributed by atoms with Crippen LogP contribution in [0.2, 0.25) is 5.02 Å². The quantitative estimate of drug-likeness (QED) is 0.164. The van der Waals surface area contributed by atoms with Crippen LogP contribution in [0.4, 0.5) is 16.6 Å². The second-order valence-corrected chi connectivity index (χ2v) is 16.3. The number of carbonyl (C=O) groups is 1. The van der Waals surface area contributed by atoms with E-state index in [4.69, 9.17) is 26.2 Å². The number of benzene rings is 2. The number of carbonyl (C=O) groups excluding carboxylic acids is 1. The Morgan fingerprint density at radius 3 is 2.50 bits per heavy atom. The van der Waals surface area contributed by atoms with Gasteiger partial charge in [-0.3, -0.25) is 9.72 Å². The molecule has 2 aliphatic heterocycles. The van der Waals surface area contributed by atoms with Crippen LogP contribution in [0.3, 0.4) is 0 Å². The van der Waals surface area contributed by atoms with Crippen molar-refractivity contribution in [2.75, 3.05) is 43.4 Å². The molecule has 2 N–H and O–H groups in total. The van der Waals surface area contributed by atoms with Gasteiger partial charge >= 0.3 is 6.03 Å². The lowest BCUT2D eigenvalue weighted by Crippen LogP contribution is -2.38. The summed E-state index contributed by atoms with van der Waals surface area (Å²) in [6.45, 7) is 10.2. The van der Waals surface area contributed by atoms with Gasteiger partial charge in [-0.2, -0.15) is 5.10 Å². The van der Waals surface area contributed by atoms with E-state index in [1.807, 2.05) is 59.1 Å². The van der Waals surface area contributed by atoms with Crippen LogP contribution in [0, 0.1) is 0 Å². The average molecular weight is 752 g/mol. The third-order valence-electron chi connectivity index (χ3n) is 10.8. The molecule has 2 amide bonds. The fourth-order valence-electron chi connectivity index (χ4n) is 7.88. The Bertz CT molecular complexity index is 2120. The predicted molar refractivity (Wildman–Crippen MR) is 211 cm³/mol. The van der Waals surface area contributed by atoms with Crippen LogP contribution in [0.5, 0.6) is 11.5 Å². The molecule has 12 nitrogen and oxygen atoms in total. The third kappa shape index (κ3) is 7.72. The number of ether oxygens (including phenoxy) is 2. The number of anilines is 2. The van der Waals surface area contributed by atoms with E-state index in [0.29, 0.717) is 23.0 Å². The lowest BCUT2D eigenvalue weighted by molar-refractivity contribution is 0.104. The zero-order chi connectivity index (χ0) is 37.4. The van der Waals surface area contributed by atoms with Crippen molar-refractivity contribution in [3.8, 4) is 17.2 Å². The van der Waals surface area contributed by atoms with Crippen molar-refractivity contribution in [1.29, 1.82) is 0 Å². The minimum Gasteiger partial charge on any atom is -0.487 e. The molecule has 284 valence electrons. The van der Waals surface area contributed by atoms with Crippen LogP contribution < -0.4 is 25.0 Å². The average Bonchev–Trinajstić information content (AvgIpc) is 3.79. The number of rotatable bonds is 8. The summed E-state index contributed by atoms with van der Waals surface area (Å²) in [6.07, 6.45) is 8.97. The molecule has 2 fully saturated rings. The number of hydrogen-bond donors (Lipinski definition) is 2. The summed E-state index contributed by atoms with van der Waals surface area (Å²) in [6, 6.07) is 19.2. The van der Waals surface area contributed by atoms with E-state index in [1.165, 1.54) is 6.42 Å². The van der Waals surface area contributed by atoms with Crippen LogP contribution in [-0.4, -0.2) is 74.6 Å². The number of urea groups is 1. The maximum Gasteiger partial charge on any atom is 0.320 e. The van der Waals surface area contributed by atoms with Gasteiger partial charge in [-0.05, 0) is 93.9 Å². The van der Waals surface area contributed by atoms with E-state index < -0.39 is 0 Å². The molecule has 1 aliphatic carbocycles. The van der Waals surface area contributed by atoms with Gasteiger partial charge in [-0.15, -0.1) is 10.2 Å². The van der Waals surface area contributed by atoms with Gasteiger partial charge < -0.3 is 24.6 Å². The molecule has 0 radical (unpaired) electrons. The van der Waals surface area contributed by atoms with E-state index in [9.17, 15) is 4.79 Å². The third-order valence-corrected chi connectivity index (χ3v) is 11.1.